The van der Waals surface area contributed by atoms with Crippen LogP contribution in [0.3, 0.4) is 0 Å². The first-order chi connectivity index (χ1) is 7.27. The maximum absolute atomic E-state index is 5.16. The molecule has 76 valence electrons. The third-order valence-corrected chi connectivity index (χ3v) is 2.86. The molecular formula is C10H10N4S. The Hall–Kier alpha value is -1.88. The summed E-state index contributed by atoms with van der Waals surface area (Å²) in [4.78, 5) is 0. The van der Waals surface area contributed by atoms with E-state index in [-0.39, 0.29) is 5.96 Å². The molecule has 4 N–H and O–H groups in total. The number of nitrogens with two attached hydrogens (primary N) is 2. The summed E-state index contributed by atoms with van der Waals surface area (Å²) < 4.78 is 1.23. The molecule has 5 heteroatoms. The van der Waals surface area contributed by atoms with Gasteiger partial charge in [0.2, 0.25) is 5.96 Å². The van der Waals surface area contributed by atoms with Crippen LogP contribution in [0.15, 0.2) is 39.8 Å². The molecule has 2 aromatic rings. The molecule has 0 unspecified atom stereocenters. The molecule has 0 amide bonds. The van der Waals surface area contributed by atoms with Gasteiger partial charge in [-0.2, -0.15) is 5.10 Å². The molecule has 0 fully saturated rings. The quantitative estimate of drug-likeness (QED) is 0.455. The van der Waals surface area contributed by atoms with Gasteiger partial charge in [0, 0.05) is 21.0 Å². The first kappa shape index (κ1) is 9.67. The number of thiophene rings is 1. The van der Waals surface area contributed by atoms with Crippen molar-refractivity contribution in [2.75, 3.05) is 0 Å². The number of hydrogen-bond donors (Lipinski definition) is 2. The second-order valence-corrected chi connectivity index (χ2v) is 3.87. The van der Waals surface area contributed by atoms with Crippen molar-refractivity contribution in [3.63, 3.8) is 0 Å². The summed E-state index contributed by atoms with van der Waals surface area (Å²) in [5.74, 6) is -0.0363. The molecule has 1 aromatic carbocycles. The lowest BCUT2D eigenvalue weighted by atomic mass is 10.2. The van der Waals surface area contributed by atoms with E-state index in [1.807, 2.05) is 23.6 Å². The molecule has 0 bridgehead atoms. The summed E-state index contributed by atoms with van der Waals surface area (Å²) in [6, 6.07) is 8.11. The van der Waals surface area contributed by atoms with E-state index >= 15 is 0 Å². The molecule has 4 nitrogen and oxygen atoms in total. The molecule has 1 heterocycles. The van der Waals surface area contributed by atoms with Crippen molar-refractivity contribution in [2.45, 2.75) is 0 Å². The second kappa shape index (κ2) is 4.10. The van der Waals surface area contributed by atoms with Gasteiger partial charge in [-0.25, -0.2) is 0 Å². The van der Waals surface area contributed by atoms with Crippen LogP contribution in [-0.2, 0) is 0 Å². The average molecular weight is 218 g/mol. The molecule has 0 saturated heterocycles. The molecule has 0 radical (unpaired) electrons. The predicted octanol–water partition coefficient (Wildman–Crippen LogP) is 1.51. The summed E-state index contributed by atoms with van der Waals surface area (Å²) in [7, 11) is 0. The Morgan fingerprint density at radius 1 is 1.27 bits per heavy atom. The molecule has 0 aliphatic heterocycles. The highest BCUT2D eigenvalue weighted by atomic mass is 32.1. The smallest absolute Gasteiger partial charge is 0.211 e. The Kier molecular flexibility index (Phi) is 2.64. The second-order valence-electron chi connectivity index (χ2n) is 2.96. The van der Waals surface area contributed by atoms with Gasteiger partial charge in [0.15, 0.2) is 0 Å². The predicted molar refractivity (Wildman–Crippen MR) is 65.2 cm³/mol. The average Bonchev–Trinajstić information content (AvgIpc) is 2.62. The van der Waals surface area contributed by atoms with Gasteiger partial charge in [-0.15, -0.1) is 16.4 Å². The fourth-order valence-electron chi connectivity index (χ4n) is 1.26. The number of rotatable bonds is 2. The fraction of sp³-hybridized carbons (Fsp3) is 0. The minimum Gasteiger partial charge on any atom is -0.369 e. The van der Waals surface area contributed by atoms with E-state index in [0.717, 1.165) is 10.9 Å². The molecule has 15 heavy (non-hydrogen) atoms. The van der Waals surface area contributed by atoms with Gasteiger partial charge >= 0.3 is 0 Å². The van der Waals surface area contributed by atoms with Crippen LogP contribution in [0.1, 0.15) is 5.56 Å². The van der Waals surface area contributed by atoms with Gasteiger partial charge < -0.3 is 11.5 Å². The van der Waals surface area contributed by atoms with Gasteiger partial charge in [-0.3, -0.25) is 0 Å². The summed E-state index contributed by atoms with van der Waals surface area (Å²) in [5.41, 5.74) is 11.4. The van der Waals surface area contributed by atoms with Crippen LogP contribution in [0.2, 0.25) is 0 Å². The molecule has 2 rings (SSSR count). The van der Waals surface area contributed by atoms with Crippen molar-refractivity contribution in [1.82, 2.24) is 0 Å². The highest BCUT2D eigenvalue weighted by molar-refractivity contribution is 7.17. The highest BCUT2D eigenvalue weighted by Gasteiger charge is 1.99. The molecule has 1 aromatic heterocycles. The van der Waals surface area contributed by atoms with Crippen LogP contribution in [0, 0.1) is 0 Å². The maximum atomic E-state index is 5.16. The van der Waals surface area contributed by atoms with E-state index in [0.29, 0.717) is 0 Å². The monoisotopic (exact) mass is 218 g/mol. The Labute approximate surface area is 90.9 Å². The van der Waals surface area contributed by atoms with E-state index < -0.39 is 0 Å². The van der Waals surface area contributed by atoms with Crippen molar-refractivity contribution < 1.29 is 0 Å². The van der Waals surface area contributed by atoms with Crippen LogP contribution >= 0.6 is 11.3 Å². The van der Waals surface area contributed by atoms with Crippen molar-refractivity contribution in [3.05, 3.63) is 35.2 Å². The normalized spacial score (nSPS) is 10.9. The number of guanidine groups is 1. The Morgan fingerprint density at radius 3 is 2.87 bits per heavy atom. The van der Waals surface area contributed by atoms with Crippen LogP contribution in [-0.4, -0.2) is 12.2 Å². The molecule has 0 aliphatic rings. The first-order valence-electron chi connectivity index (χ1n) is 4.35. The molecule has 0 atom stereocenters. The summed E-state index contributed by atoms with van der Waals surface area (Å²) in [6.45, 7) is 0. The van der Waals surface area contributed by atoms with Crippen LogP contribution < -0.4 is 11.5 Å². The number of nitrogens with zero attached hydrogens (tertiary/aromatic N) is 2. The van der Waals surface area contributed by atoms with E-state index in [9.17, 15) is 0 Å². The largest absolute Gasteiger partial charge is 0.369 e. The van der Waals surface area contributed by atoms with E-state index in [1.165, 1.54) is 4.70 Å². The lowest BCUT2D eigenvalue weighted by Crippen LogP contribution is -2.21. The number of benzene rings is 1. The van der Waals surface area contributed by atoms with Crippen LogP contribution in [0.5, 0.6) is 0 Å². The third kappa shape index (κ3) is 2.13. The zero-order chi connectivity index (χ0) is 10.7. The lowest BCUT2D eigenvalue weighted by Gasteiger charge is -1.89. The number of fused-ring (bicyclic) bond motifs is 1. The highest BCUT2D eigenvalue weighted by Crippen LogP contribution is 2.24. The number of hydrogen-bond acceptors (Lipinski definition) is 3. The van der Waals surface area contributed by atoms with Crippen molar-refractivity contribution in [2.24, 2.45) is 21.7 Å². The van der Waals surface area contributed by atoms with Gasteiger partial charge in [-0.1, -0.05) is 18.2 Å². The zero-order valence-corrected chi connectivity index (χ0v) is 8.74. The summed E-state index contributed by atoms with van der Waals surface area (Å²) >= 11 is 1.67. The van der Waals surface area contributed by atoms with E-state index in [1.54, 1.807) is 17.6 Å². The van der Waals surface area contributed by atoms with Crippen molar-refractivity contribution in [1.29, 1.82) is 0 Å². The first-order valence-corrected chi connectivity index (χ1v) is 5.23. The van der Waals surface area contributed by atoms with Crippen LogP contribution in [0.4, 0.5) is 0 Å². The summed E-state index contributed by atoms with van der Waals surface area (Å²) in [5, 5.41) is 10.5. The molecule has 0 saturated carbocycles. The standard InChI is InChI=1S/C10H10N4S/c11-10(12)14-13-5-7-6-15-9-4-2-1-3-8(7)9/h1-6H,(H4,11,12,14)/b13-5+. The van der Waals surface area contributed by atoms with Gasteiger partial charge in [0.1, 0.15) is 0 Å². The molecule has 0 spiro atoms. The SMILES string of the molecule is NC(N)=N/N=C/c1csc2ccccc12. The Morgan fingerprint density at radius 2 is 2.07 bits per heavy atom. The van der Waals surface area contributed by atoms with Gasteiger partial charge in [0.05, 0.1) is 6.21 Å². The van der Waals surface area contributed by atoms with Gasteiger partial charge in [0.25, 0.3) is 0 Å². The third-order valence-electron chi connectivity index (χ3n) is 1.88. The van der Waals surface area contributed by atoms with E-state index in [2.05, 4.69) is 16.3 Å². The summed E-state index contributed by atoms with van der Waals surface area (Å²) in [6.07, 6.45) is 1.65. The fourth-order valence-corrected chi connectivity index (χ4v) is 2.17. The van der Waals surface area contributed by atoms with Crippen molar-refractivity contribution >= 4 is 33.6 Å². The Balaban J connectivity index is 2.37. The molecule has 0 aliphatic carbocycles. The van der Waals surface area contributed by atoms with Gasteiger partial charge in [-0.05, 0) is 6.07 Å². The molecular weight excluding hydrogens is 208 g/mol. The zero-order valence-electron chi connectivity index (χ0n) is 7.92. The Bertz CT molecular complexity index is 523. The van der Waals surface area contributed by atoms with E-state index in [4.69, 9.17) is 11.5 Å². The topological polar surface area (TPSA) is 76.8 Å². The van der Waals surface area contributed by atoms with Crippen molar-refractivity contribution in [3.8, 4) is 0 Å². The minimum absolute atomic E-state index is 0.0363. The minimum atomic E-state index is -0.0363. The maximum Gasteiger partial charge on any atom is 0.211 e. The van der Waals surface area contributed by atoms with Crippen LogP contribution in [0.25, 0.3) is 10.1 Å². The lowest BCUT2D eigenvalue weighted by molar-refractivity contribution is 1.22.